The highest BCUT2D eigenvalue weighted by Gasteiger charge is 2.17. The molecular formula is C20H26N2O3S. The lowest BCUT2D eigenvalue weighted by molar-refractivity contribution is -0.116. The molecule has 0 aliphatic heterocycles. The van der Waals surface area contributed by atoms with Crippen molar-refractivity contribution >= 4 is 21.6 Å². The molecule has 0 bridgehead atoms. The van der Waals surface area contributed by atoms with E-state index in [1.807, 2.05) is 51.1 Å². The number of benzene rings is 2. The Morgan fingerprint density at radius 3 is 2.19 bits per heavy atom. The van der Waals surface area contributed by atoms with Crippen LogP contribution in [0.2, 0.25) is 0 Å². The molecule has 0 spiro atoms. The van der Waals surface area contributed by atoms with Crippen molar-refractivity contribution in [1.82, 2.24) is 4.72 Å². The number of carbonyl (C=O) groups excluding carboxylic acids is 1. The predicted octanol–water partition coefficient (Wildman–Crippen LogP) is 3.90. The zero-order chi connectivity index (χ0) is 19.2. The van der Waals surface area contributed by atoms with Crippen LogP contribution < -0.4 is 10.0 Å². The number of carbonyl (C=O) groups is 1. The molecule has 0 saturated heterocycles. The lowest BCUT2D eigenvalue weighted by Crippen LogP contribution is -2.31. The standard InChI is InChI=1S/C20H26N2O3S/c1-4-16(3)22-26(24,25)19-12-10-18(11-13-19)21-20(23)14-15(2)17-8-6-5-7-9-17/h5-13,15-16,22H,4,14H2,1-3H3,(H,21,23). The zero-order valence-electron chi connectivity index (χ0n) is 15.4. The maximum Gasteiger partial charge on any atom is 0.240 e. The van der Waals surface area contributed by atoms with Crippen LogP contribution in [0.15, 0.2) is 59.5 Å². The highest BCUT2D eigenvalue weighted by atomic mass is 32.2. The maximum absolute atomic E-state index is 12.2. The quantitative estimate of drug-likeness (QED) is 0.736. The molecule has 0 aromatic heterocycles. The summed E-state index contributed by atoms with van der Waals surface area (Å²) in [5.74, 6) is 0.00488. The first-order valence-corrected chi connectivity index (χ1v) is 10.3. The average Bonchev–Trinajstić information content (AvgIpc) is 2.62. The summed E-state index contributed by atoms with van der Waals surface area (Å²) in [5, 5.41) is 2.82. The predicted molar refractivity (Wildman–Crippen MR) is 105 cm³/mol. The van der Waals surface area contributed by atoms with Crippen molar-refractivity contribution in [2.24, 2.45) is 0 Å². The molecule has 5 nitrogen and oxygen atoms in total. The second-order valence-electron chi connectivity index (χ2n) is 6.52. The van der Waals surface area contributed by atoms with Crippen LogP contribution in [0.5, 0.6) is 0 Å². The fourth-order valence-electron chi connectivity index (χ4n) is 2.52. The molecular weight excluding hydrogens is 348 g/mol. The number of amides is 1. The van der Waals surface area contributed by atoms with Gasteiger partial charge >= 0.3 is 0 Å². The number of sulfonamides is 1. The molecule has 140 valence electrons. The minimum absolute atomic E-state index is 0.102. The van der Waals surface area contributed by atoms with Crippen LogP contribution in [0.4, 0.5) is 5.69 Å². The number of nitrogens with one attached hydrogen (secondary N) is 2. The van der Waals surface area contributed by atoms with Crippen molar-refractivity contribution in [3.8, 4) is 0 Å². The SMILES string of the molecule is CCC(C)NS(=O)(=O)c1ccc(NC(=O)CC(C)c2ccccc2)cc1. The van der Waals surface area contributed by atoms with Crippen LogP contribution >= 0.6 is 0 Å². The topological polar surface area (TPSA) is 75.3 Å². The molecule has 0 saturated carbocycles. The molecule has 2 unspecified atom stereocenters. The van der Waals surface area contributed by atoms with Gasteiger partial charge in [0.25, 0.3) is 0 Å². The Balaban J connectivity index is 1.97. The van der Waals surface area contributed by atoms with Crippen LogP contribution in [0, 0.1) is 0 Å². The van der Waals surface area contributed by atoms with Crippen molar-refractivity contribution in [2.45, 2.75) is 50.5 Å². The first kappa shape index (κ1) is 20.1. The summed E-state index contributed by atoms with van der Waals surface area (Å²) in [4.78, 5) is 12.4. The van der Waals surface area contributed by atoms with Gasteiger partial charge in [-0.25, -0.2) is 13.1 Å². The number of hydrogen-bond acceptors (Lipinski definition) is 3. The summed E-state index contributed by atoms with van der Waals surface area (Å²) < 4.78 is 27.1. The normalized spacial score (nSPS) is 13.8. The second kappa shape index (κ2) is 8.96. The second-order valence-corrected chi connectivity index (χ2v) is 8.23. The van der Waals surface area contributed by atoms with E-state index in [4.69, 9.17) is 0 Å². The molecule has 1 amide bonds. The van der Waals surface area contributed by atoms with Crippen LogP contribution in [-0.4, -0.2) is 20.4 Å². The van der Waals surface area contributed by atoms with E-state index in [-0.39, 0.29) is 22.8 Å². The van der Waals surface area contributed by atoms with Crippen molar-refractivity contribution in [3.63, 3.8) is 0 Å². The fourth-order valence-corrected chi connectivity index (χ4v) is 3.85. The monoisotopic (exact) mass is 374 g/mol. The Labute approximate surface area is 155 Å². The van der Waals surface area contributed by atoms with E-state index in [9.17, 15) is 13.2 Å². The third-order valence-corrected chi connectivity index (χ3v) is 5.88. The van der Waals surface area contributed by atoms with E-state index >= 15 is 0 Å². The van der Waals surface area contributed by atoms with E-state index in [2.05, 4.69) is 10.0 Å². The Hall–Kier alpha value is -2.18. The zero-order valence-corrected chi connectivity index (χ0v) is 16.2. The van der Waals surface area contributed by atoms with Crippen LogP contribution in [-0.2, 0) is 14.8 Å². The molecule has 0 fully saturated rings. The minimum Gasteiger partial charge on any atom is -0.326 e. The summed E-state index contributed by atoms with van der Waals surface area (Å²) in [6.45, 7) is 5.74. The van der Waals surface area contributed by atoms with Crippen LogP contribution in [0.3, 0.4) is 0 Å². The summed E-state index contributed by atoms with van der Waals surface area (Å²) in [5.41, 5.74) is 1.69. The average molecular weight is 375 g/mol. The van der Waals surface area contributed by atoms with Crippen molar-refractivity contribution in [3.05, 3.63) is 60.2 Å². The highest BCUT2D eigenvalue weighted by molar-refractivity contribution is 7.89. The summed E-state index contributed by atoms with van der Waals surface area (Å²) in [7, 11) is -3.53. The van der Waals surface area contributed by atoms with E-state index in [1.54, 1.807) is 12.1 Å². The lowest BCUT2D eigenvalue weighted by Gasteiger charge is -2.13. The van der Waals surface area contributed by atoms with Gasteiger partial charge in [0.1, 0.15) is 0 Å². The smallest absolute Gasteiger partial charge is 0.240 e. The van der Waals surface area contributed by atoms with Gasteiger partial charge in [-0.2, -0.15) is 0 Å². The Kier molecular flexibility index (Phi) is 6.94. The fraction of sp³-hybridized carbons (Fsp3) is 0.350. The van der Waals surface area contributed by atoms with Crippen LogP contribution in [0.1, 0.15) is 45.1 Å². The van der Waals surface area contributed by atoms with E-state index < -0.39 is 10.0 Å². The molecule has 0 radical (unpaired) electrons. The first-order valence-electron chi connectivity index (χ1n) is 8.79. The van der Waals surface area contributed by atoms with Crippen molar-refractivity contribution in [2.75, 3.05) is 5.32 Å². The van der Waals surface area contributed by atoms with Gasteiger partial charge in [-0.3, -0.25) is 4.79 Å². The van der Waals surface area contributed by atoms with Crippen molar-refractivity contribution in [1.29, 1.82) is 0 Å². The molecule has 0 aliphatic rings. The molecule has 26 heavy (non-hydrogen) atoms. The van der Waals surface area contributed by atoms with Gasteiger partial charge in [-0.1, -0.05) is 44.2 Å². The Bertz CT molecular complexity index is 818. The highest BCUT2D eigenvalue weighted by Crippen LogP contribution is 2.20. The van der Waals surface area contributed by atoms with Gasteiger partial charge in [0, 0.05) is 18.2 Å². The van der Waals surface area contributed by atoms with Gasteiger partial charge in [0.05, 0.1) is 4.90 Å². The van der Waals surface area contributed by atoms with Gasteiger partial charge in [0.2, 0.25) is 15.9 Å². The largest absolute Gasteiger partial charge is 0.326 e. The molecule has 0 aliphatic carbocycles. The van der Waals surface area contributed by atoms with Crippen LogP contribution in [0.25, 0.3) is 0 Å². The lowest BCUT2D eigenvalue weighted by atomic mass is 9.97. The number of rotatable bonds is 8. The van der Waals surface area contributed by atoms with Crippen molar-refractivity contribution < 1.29 is 13.2 Å². The van der Waals surface area contributed by atoms with E-state index in [0.717, 1.165) is 5.56 Å². The molecule has 0 heterocycles. The summed E-state index contributed by atoms with van der Waals surface area (Å²) >= 11 is 0. The Morgan fingerprint density at radius 1 is 1.00 bits per heavy atom. The maximum atomic E-state index is 12.2. The van der Waals surface area contributed by atoms with E-state index in [0.29, 0.717) is 18.5 Å². The molecule has 2 aromatic carbocycles. The minimum atomic E-state index is -3.53. The summed E-state index contributed by atoms with van der Waals surface area (Å²) in [6, 6.07) is 16.0. The molecule has 2 atom stereocenters. The molecule has 2 N–H and O–H groups in total. The van der Waals surface area contributed by atoms with E-state index in [1.165, 1.54) is 12.1 Å². The first-order chi connectivity index (χ1) is 12.3. The molecule has 6 heteroatoms. The third-order valence-electron chi connectivity index (χ3n) is 4.28. The van der Waals surface area contributed by atoms with Gasteiger partial charge in [0.15, 0.2) is 0 Å². The number of anilines is 1. The molecule has 2 rings (SSSR count). The van der Waals surface area contributed by atoms with Gasteiger partial charge in [-0.15, -0.1) is 0 Å². The summed E-state index contributed by atoms with van der Waals surface area (Å²) in [6.07, 6.45) is 1.08. The van der Waals surface area contributed by atoms with Gasteiger partial charge < -0.3 is 5.32 Å². The van der Waals surface area contributed by atoms with Gasteiger partial charge in [-0.05, 0) is 49.1 Å². The Morgan fingerprint density at radius 2 is 1.62 bits per heavy atom. The number of hydrogen-bond donors (Lipinski definition) is 2. The third kappa shape index (κ3) is 5.68. The molecule has 2 aromatic rings.